The van der Waals surface area contributed by atoms with Crippen molar-refractivity contribution in [2.45, 2.75) is 31.1 Å². The van der Waals surface area contributed by atoms with Gasteiger partial charge >= 0.3 is 0 Å². The molecular formula is C25H27BrN2O4S. The van der Waals surface area contributed by atoms with E-state index in [1.54, 1.807) is 36.4 Å². The lowest BCUT2D eigenvalue weighted by Gasteiger charge is -2.23. The number of hydrogen-bond donors (Lipinski definition) is 1. The Kier molecular flexibility index (Phi) is 7.49. The Balaban J connectivity index is 1.65. The number of carbonyl (C=O) groups excluding carboxylic acids is 1. The number of anilines is 2. The minimum absolute atomic E-state index is 0.132. The smallest absolute Gasteiger partial charge is 0.264 e. The zero-order chi connectivity index (χ0) is 24.2. The molecule has 174 valence electrons. The minimum atomic E-state index is -3.71. The van der Waals surface area contributed by atoms with Crippen LogP contribution in [0.25, 0.3) is 0 Å². The molecule has 6 nitrogen and oxygen atoms in total. The highest BCUT2D eigenvalue weighted by Crippen LogP contribution is 2.33. The van der Waals surface area contributed by atoms with Gasteiger partial charge in [-0.05, 0) is 60.0 Å². The van der Waals surface area contributed by atoms with Crippen molar-refractivity contribution in [1.82, 2.24) is 0 Å². The third-order valence-electron chi connectivity index (χ3n) is 5.02. The Hall–Kier alpha value is -2.84. The van der Waals surface area contributed by atoms with Crippen LogP contribution in [0.3, 0.4) is 0 Å². The van der Waals surface area contributed by atoms with Crippen LogP contribution in [0.1, 0.15) is 26.3 Å². The summed E-state index contributed by atoms with van der Waals surface area (Å²) in [5.41, 5.74) is 1.89. The van der Waals surface area contributed by atoms with Crippen LogP contribution >= 0.6 is 15.9 Å². The molecule has 0 aliphatic rings. The largest absolute Gasteiger partial charge is 0.483 e. The third kappa shape index (κ3) is 6.15. The first kappa shape index (κ1) is 24.8. The van der Waals surface area contributed by atoms with Gasteiger partial charge in [-0.15, -0.1) is 0 Å². The summed E-state index contributed by atoms with van der Waals surface area (Å²) in [7, 11) is -2.21. The Bertz CT molecular complexity index is 1220. The van der Waals surface area contributed by atoms with Gasteiger partial charge in [-0.25, -0.2) is 8.42 Å². The van der Waals surface area contributed by atoms with Gasteiger partial charge in [-0.1, -0.05) is 54.9 Å². The lowest BCUT2D eigenvalue weighted by molar-refractivity contribution is -0.118. The summed E-state index contributed by atoms with van der Waals surface area (Å²) in [4.78, 5) is 12.5. The van der Waals surface area contributed by atoms with E-state index >= 15 is 0 Å². The lowest BCUT2D eigenvalue weighted by Crippen LogP contribution is -2.26. The second-order valence-corrected chi connectivity index (χ2v) is 11.4. The van der Waals surface area contributed by atoms with Crippen LogP contribution in [0.2, 0.25) is 0 Å². The summed E-state index contributed by atoms with van der Waals surface area (Å²) in [6.45, 7) is 6.06. The molecule has 0 saturated heterocycles. The first-order valence-corrected chi connectivity index (χ1v) is 12.6. The molecule has 0 heterocycles. The topological polar surface area (TPSA) is 75.7 Å². The Morgan fingerprint density at radius 3 is 2.24 bits per heavy atom. The van der Waals surface area contributed by atoms with Crippen LogP contribution in [-0.2, 0) is 20.2 Å². The molecule has 0 bridgehead atoms. The number of benzene rings is 3. The molecule has 0 atom stereocenters. The minimum Gasteiger partial charge on any atom is -0.483 e. The highest BCUT2D eigenvalue weighted by molar-refractivity contribution is 9.10. The molecule has 0 unspecified atom stereocenters. The van der Waals surface area contributed by atoms with Gasteiger partial charge < -0.3 is 10.1 Å². The van der Waals surface area contributed by atoms with Gasteiger partial charge in [-0.2, -0.15) is 0 Å². The second-order valence-electron chi connectivity index (χ2n) is 8.56. The molecule has 1 N–H and O–H groups in total. The first-order chi connectivity index (χ1) is 15.5. The van der Waals surface area contributed by atoms with Crippen molar-refractivity contribution in [3.05, 3.63) is 82.8 Å². The summed E-state index contributed by atoms with van der Waals surface area (Å²) in [6, 6.07) is 20.6. The fraction of sp³-hybridized carbons (Fsp3) is 0.240. The zero-order valence-corrected chi connectivity index (χ0v) is 21.4. The van der Waals surface area contributed by atoms with E-state index in [0.717, 1.165) is 10.0 Å². The van der Waals surface area contributed by atoms with Crippen molar-refractivity contribution < 1.29 is 17.9 Å². The molecule has 1 amide bonds. The van der Waals surface area contributed by atoms with Crippen molar-refractivity contribution in [1.29, 1.82) is 0 Å². The summed E-state index contributed by atoms with van der Waals surface area (Å²) in [5.74, 6) is 0.307. The van der Waals surface area contributed by atoms with E-state index in [9.17, 15) is 13.2 Å². The monoisotopic (exact) mass is 530 g/mol. The summed E-state index contributed by atoms with van der Waals surface area (Å²) >= 11 is 3.47. The first-order valence-electron chi connectivity index (χ1n) is 10.4. The van der Waals surface area contributed by atoms with Gasteiger partial charge in [0.15, 0.2) is 6.61 Å². The maximum absolute atomic E-state index is 12.9. The predicted molar refractivity (Wildman–Crippen MR) is 135 cm³/mol. The zero-order valence-electron chi connectivity index (χ0n) is 19.0. The quantitative estimate of drug-likeness (QED) is 0.432. The molecule has 0 fully saturated rings. The van der Waals surface area contributed by atoms with E-state index in [2.05, 4.69) is 42.0 Å². The van der Waals surface area contributed by atoms with Crippen LogP contribution in [0.4, 0.5) is 11.4 Å². The summed E-state index contributed by atoms with van der Waals surface area (Å²) in [6.07, 6.45) is 0. The third-order valence-corrected chi connectivity index (χ3v) is 7.32. The van der Waals surface area contributed by atoms with Crippen LogP contribution in [0.15, 0.2) is 82.2 Å². The molecule has 3 rings (SSSR count). The highest BCUT2D eigenvalue weighted by Gasteiger charge is 2.22. The molecule has 0 saturated carbocycles. The van der Waals surface area contributed by atoms with E-state index in [1.807, 2.05) is 24.3 Å². The van der Waals surface area contributed by atoms with Gasteiger partial charge in [0.25, 0.3) is 15.9 Å². The number of para-hydroxylation sites is 1. The van der Waals surface area contributed by atoms with Crippen LogP contribution in [-0.4, -0.2) is 28.0 Å². The van der Waals surface area contributed by atoms with Gasteiger partial charge in [0.1, 0.15) is 5.75 Å². The van der Waals surface area contributed by atoms with Crippen LogP contribution in [0, 0.1) is 0 Å². The number of nitrogens with zero attached hydrogens (tertiary/aromatic N) is 1. The molecular weight excluding hydrogens is 504 g/mol. The van der Waals surface area contributed by atoms with Gasteiger partial charge in [0.05, 0.1) is 10.6 Å². The predicted octanol–water partition coefficient (Wildman–Crippen LogP) is 5.59. The Morgan fingerprint density at radius 1 is 1.00 bits per heavy atom. The van der Waals surface area contributed by atoms with Gasteiger partial charge in [0.2, 0.25) is 0 Å². The van der Waals surface area contributed by atoms with Crippen LogP contribution in [0.5, 0.6) is 5.75 Å². The summed E-state index contributed by atoms with van der Waals surface area (Å²) < 4.78 is 33.7. The van der Waals surface area contributed by atoms with Crippen molar-refractivity contribution in [2.75, 3.05) is 23.3 Å². The normalized spacial score (nSPS) is 11.7. The van der Waals surface area contributed by atoms with Crippen molar-refractivity contribution >= 4 is 43.2 Å². The highest BCUT2D eigenvalue weighted by atomic mass is 79.9. The van der Waals surface area contributed by atoms with E-state index in [-0.39, 0.29) is 22.8 Å². The SMILES string of the molecule is CN(c1ccccc1)S(=O)(=O)c1ccc(NC(=O)COc2ccc(Br)cc2C(C)(C)C)cc1. The number of ether oxygens (including phenoxy) is 1. The molecule has 3 aromatic carbocycles. The number of carbonyl (C=O) groups is 1. The number of halogens is 1. The second kappa shape index (κ2) is 9.97. The van der Waals surface area contributed by atoms with Crippen molar-refractivity contribution in [2.24, 2.45) is 0 Å². The number of amides is 1. The van der Waals surface area contributed by atoms with E-state index < -0.39 is 10.0 Å². The summed E-state index contributed by atoms with van der Waals surface area (Å²) in [5, 5.41) is 2.74. The molecule has 0 spiro atoms. The van der Waals surface area contributed by atoms with E-state index in [0.29, 0.717) is 17.1 Å². The molecule has 3 aromatic rings. The van der Waals surface area contributed by atoms with Crippen molar-refractivity contribution in [3.8, 4) is 5.75 Å². The molecule has 0 aliphatic heterocycles. The number of rotatable bonds is 7. The molecule has 0 radical (unpaired) electrons. The van der Waals surface area contributed by atoms with E-state index in [1.165, 1.54) is 23.5 Å². The fourth-order valence-electron chi connectivity index (χ4n) is 3.20. The molecule has 8 heteroatoms. The standard InChI is InChI=1S/C25H27BrN2O4S/c1-25(2,3)22-16-18(26)10-15-23(22)32-17-24(29)27-19-11-13-21(14-12-19)33(30,31)28(4)20-8-6-5-7-9-20/h5-16H,17H2,1-4H3,(H,27,29). The molecule has 33 heavy (non-hydrogen) atoms. The lowest BCUT2D eigenvalue weighted by atomic mass is 9.86. The van der Waals surface area contributed by atoms with E-state index in [4.69, 9.17) is 4.74 Å². The maximum Gasteiger partial charge on any atom is 0.264 e. The average molecular weight is 531 g/mol. The average Bonchev–Trinajstić information content (AvgIpc) is 2.78. The number of sulfonamides is 1. The van der Waals surface area contributed by atoms with Crippen molar-refractivity contribution in [3.63, 3.8) is 0 Å². The van der Waals surface area contributed by atoms with Gasteiger partial charge in [0, 0.05) is 22.8 Å². The number of hydrogen-bond acceptors (Lipinski definition) is 4. The van der Waals surface area contributed by atoms with Crippen LogP contribution < -0.4 is 14.4 Å². The Labute approximate surface area is 203 Å². The van der Waals surface area contributed by atoms with Gasteiger partial charge in [-0.3, -0.25) is 9.10 Å². The maximum atomic E-state index is 12.9. The molecule has 0 aromatic heterocycles. The molecule has 0 aliphatic carbocycles. The Morgan fingerprint density at radius 2 is 1.64 bits per heavy atom. The number of nitrogens with one attached hydrogen (secondary N) is 1. The fourth-order valence-corrected chi connectivity index (χ4v) is 4.76.